The number of hydrogen-bond donors (Lipinski definition) is 1. The molecule has 0 spiro atoms. The number of carbonyl (C=O) groups is 1. The molecule has 0 aliphatic carbocycles. The summed E-state index contributed by atoms with van der Waals surface area (Å²) in [5.41, 5.74) is 11.4. The quantitative estimate of drug-likeness (QED) is 0.432. The van der Waals surface area contributed by atoms with Crippen molar-refractivity contribution < 1.29 is 4.79 Å². The number of benzene rings is 2. The zero-order valence-electron chi connectivity index (χ0n) is 16.0. The van der Waals surface area contributed by atoms with Gasteiger partial charge in [-0.15, -0.1) is 0 Å². The average Bonchev–Trinajstić information content (AvgIpc) is 2.91. The summed E-state index contributed by atoms with van der Waals surface area (Å²) in [6.45, 7) is 0.290. The van der Waals surface area contributed by atoms with Gasteiger partial charge in [-0.1, -0.05) is 30.3 Å². The third-order valence-electron chi connectivity index (χ3n) is 5.09. The molecule has 1 aromatic heterocycles. The first-order valence-corrected chi connectivity index (χ1v) is 9.18. The topological polar surface area (TPSA) is 71.6 Å². The number of pyridine rings is 1. The van der Waals surface area contributed by atoms with Crippen LogP contribution in [0.1, 0.15) is 27.2 Å². The Bertz CT molecular complexity index is 1110. The molecule has 0 bridgehead atoms. The number of rotatable bonds is 4. The number of hydrogen-bond acceptors (Lipinski definition) is 4. The Labute approximate surface area is 172 Å². The molecule has 5 nitrogen and oxygen atoms in total. The van der Waals surface area contributed by atoms with Crippen molar-refractivity contribution in [2.75, 3.05) is 12.8 Å². The van der Waals surface area contributed by atoms with Crippen molar-refractivity contribution in [3.63, 3.8) is 0 Å². The number of nitrogens with zero attached hydrogens (tertiary/aromatic N) is 3. The van der Waals surface area contributed by atoms with Crippen LogP contribution in [0.3, 0.4) is 0 Å². The highest BCUT2D eigenvalue weighted by molar-refractivity contribution is 6.42. The van der Waals surface area contributed by atoms with Crippen LogP contribution in [0, 0.1) is 0 Å². The van der Waals surface area contributed by atoms with E-state index in [1.807, 2.05) is 42.5 Å². The number of nitrogen functional groups attached to an aromatic ring is 1. The lowest BCUT2D eigenvalue weighted by Crippen LogP contribution is -2.44. The van der Waals surface area contributed by atoms with E-state index in [0.29, 0.717) is 16.9 Å². The Balaban J connectivity index is 1.58. The molecule has 1 aliphatic rings. The van der Waals surface area contributed by atoms with E-state index in [9.17, 15) is 4.79 Å². The van der Waals surface area contributed by atoms with Crippen molar-refractivity contribution in [1.29, 1.82) is 0 Å². The van der Waals surface area contributed by atoms with E-state index in [4.69, 9.17) is 21.4 Å². The van der Waals surface area contributed by atoms with Gasteiger partial charge in [0, 0.05) is 42.6 Å². The molecule has 7 heteroatoms. The minimum atomic E-state index is -1.43. The molecule has 2 N–H and O–H groups in total. The largest absolute Gasteiger partial charge is 0.398 e. The fourth-order valence-electron chi connectivity index (χ4n) is 3.53. The lowest BCUT2D eigenvalue weighted by Gasteiger charge is -2.33. The molecule has 4 rings (SSSR count). The zero-order chi connectivity index (χ0) is 20.6. The molecule has 1 amide bonds. The molecule has 29 heavy (non-hydrogen) atoms. The molecule has 3 aromatic rings. The van der Waals surface area contributed by atoms with E-state index in [1.54, 1.807) is 31.6 Å². The van der Waals surface area contributed by atoms with Crippen molar-refractivity contribution >= 4 is 33.5 Å². The first kappa shape index (κ1) is 19.0. The maximum atomic E-state index is 12.7. The lowest BCUT2D eigenvalue weighted by molar-refractivity contribution is 0.0731. The Hall–Kier alpha value is -3.34. The summed E-state index contributed by atoms with van der Waals surface area (Å²) in [6.07, 6.45) is 3.32. The van der Waals surface area contributed by atoms with Crippen molar-refractivity contribution in [2.24, 2.45) is 4.99 Å². The molecule has 0 atom stereocenters. The molecular weight excluding hydrogens is 358 g/mol. The molecule has 0 saturated heterocycles. The fraction of sp³-hybridized carbons (Fsp3) is 0.136. The van der Waals surface area contributed by atoms with E-state index in [1.165, 1.54) is 4.90 Å². The minimum absolute atomic E-state index is 0.218. The van der Waals surface area contributed by atoms with Crippen LogP contribution in [0.2, 0.25) is 0 Å². The Morgan fingerprint density at radius 2 is 1.86 bits per heavy atom. The van der Waals surface area contributed by atoms with Crippen LogP contribution < -0.4 is 5.73 Å². The van der Waals surface area contributed by atoms with Crippen molar-refractivity contribution in [3.8, 4) is 11.1 Å². The smallest absolute Gasteiger partial charge is 0.255 e. The van der Waals surface area contributed by atoms with Crippen LogP contribution >= 0.6 is 0 Å². The van der Waals surface area contributed by atoms with Crippen molar-refractivity contribution in [3.05, 3.63) is 83.2 Å². The zero-order valence-corrected chi connectivity index (χ0v) is 16.0. The number of fused-ring (bicyclic) bond motifs is 1. The van der Waals surface area contributed by atoms with Gasteiger partial charge in [-0.25, -0.2) is 0 Å². The number of aromatic nitrogens is 1. The van der Waals surface area contributed by atoms with Gasteiger partial charge in [0.25, 0.3) is 5.91 Å². The Morgan fingerprint density at radius 1 is 1.14 bits per heavy atom. The third kappa shape index (κ3) is 3.33. The lowest BCUT2D eigenvalue weighted by atomic mass is 9.59. The highest BCUT2D eigenvalue weighted by atomic mass is 16.2. The van der Waals surface area contributed by atoms with Gasteiger partial charge in [-0.2, -0.15) is 0 Å². The monoisotopic (exact) mass is 376 g/mol. The number of anilines is 1. The first-order valence-electron chi connectivity index (χ1n) is 9.18. The van der Waals surface area contributed by atoms with E-state index < -0.39 is 5.34 Å². The van der Waals surface area contributed by atoms with Gasteiger partial charge >= 0.3 is 0 Å². The molecule has 2 heterocycles. The van der Waals surface area contributed by atoms with Crippen molar-refractivity contribution in [1.82, 2.24) is 9.88 Å². The van der Waals surface area contributed by atoms with E-state index in [2.05, 4.69) is 9.98 Å². The number of nitrogens with two attached hydrogens (primary N) is 1. The van der Waals surface area contributed by atoms with E-state index >= 15 is 0 Å². The predicted octanol–water partition coefficient (Wildman–Crippen LogP) is 2.48. The summed E-state index contributed by atoms with van der Waals surface area (Å²) in [7, 11) is 14.2. The van der Waals surface area contributed by atoms with E-state index in [0.717, 1.165) is 22.3 Å². The number of amides is 1. The SMILES string of the molecule is [B]C1([B])c2ncccc2C(=O)N1Cc1ccc(-c2ccc(N)c(C=NC)c2)cc1. The van der Waals surface area contributed by atoms with Gasteiger partial charge in [0.1, 0.15) is 0 Å². The van der Waals surface area contributed by atoms with Crippen LogP contribution in [-0.4, -0.2) is 44.7 Å². The van der Waals surface area contributed by atoms with Gasteiger partial charge < -0.3 is 10.6 Å². The molecule has 2 aromatic carbocycles. The molecule has 4 radical (unpaired) electrons. The summed E-state index contributed by atoms with van der Waals surface area (Å²) < 4.78 is 0. The van der Waals surface area contributed by atoms with Gasteiger partial charge in [-0.05, 0) is 41.0 Å². The predicted molar refractivity (Wildman–Crippen MR) is 117 cm³/mol. The van der Waals surface area contributed by atoms with Crippen LogP contribution in [0.15, 0.2) is 65.8 Å². The number of aliphatic imine (C=N–C) groups is 1. The second-order valence-corrected chi connectivity index (χ2v) is 7.04. The highest BCUT2D eigenvalue weighted by Gasteiger charge is 2.42. The van der Waals surface area contributed by atoms with Gasteiger partial charge in [0.15, 0.2) is 0 Å². The maximum absolute atomic E-state index is 12.7. The van der Waals surface area contributed by atoms with Gasteiger partial charge in [0.05, 0.1) is 26.9 Å². The van der Waals surface area contributed by atoms with Crippen LogP contribution in [0.5, 0.6) is 0 Å². The molecule has 0 fully saturated rings. The molecule has 0 unspecified atom stereocenters. The average molecular weight is 376 g/mol. The molecule has 1 aliphatic heterocycles. The maximum Gasteiger partial charge on any atom is 0.255 e. The van der Waals surface area contributed by atoms with Gasteiger partial charge in [-0.3, -0.25) is 14.8 Å². The fourth-order valence-corrected chi connectivity index (χ4v) is 3.53. The summed E-state index contributed by atoms with van der Waals surface area (Å²) in [5.74, 6) is -0.218. The molecule has 138 valence electrons. The van der Waals surface area contributed by atoms with Gasteiger partial charge in [0.2, 0.25) is 0 Å². The minimum Gasteiger partial charge on any atom is -0.398 e. The van der Waals surface area contributed by atoms with E-state index in [-0.39, 0.29) is 12.5 Å². The van der Waals surface area contributed by atoms with Crippen LogP contribution in [-0.2, 0) is 11.9 Å². The normalized spacial score (nSPS) is 15.1. The highest BCUT2D eigenvalue weighted by Crippen LogP contribution is 2.34. The Kier molecular flexibility index (Phi) is 4.74. The number of carbonyl (C=O) groups excluding carboxylic acids is 1. The van der Waals surface area contributed by atoms with Crippen LogP contribution in [0.25, 0.3) is 11.1 Å². The Morgan fingerprint density at radius 3 is 2.55 bits per heavy atom. The summed E-state index contributed by atoms with van der Waals surface area (Å²) in [4.78, 5) is 22.4. The summed E-state index contributed by atoms with van der Waals surface area (Å²) in [5, 5.41) is -1.43. The summed E-state index contributed by atoms with van der Waals surface area (Å²) in [6, 6.07) is 17.1. The molecule has 0 saturated carbocycles. The standard InChI is InChI=1S/C22H18B2N4O/c1-26-12-17-11-16(8-9-19(17)25)15-6-4-14(5-7-15)13-28-21(29)18-3-2-10-27-20(18)22(28,23)24/h2-12H,13,25H2,1H3. The van der Waals surface area contributed by atoms with Crippen molar-refractivity contribution in [2.45, 2.75) is 11.9 Å². The summed E-state index contributed by atoms with van der Waals surface area (Å²) >= 11 is 0. The second-order valence-electron chi connectivity index (χ2n) is 7.04. The second kappa shape index (κ2) is 7.24. The molecular formula is C22H18B2N4O. The van der Waals surface area contributed by atoms with Crippen LogP contribution in [0.4, 0.5) is 5.69 Å². The first-order chi connectivity index (χ1) is 13.9. The third-order valence-corrected chi connectivity index (χ3v) is 5.09.